The van der Waals surface area contributed by atoms with Gasteiger partial charge in [0.1, 0.15) is 0 Å². The summed E-state index contributed by atoms with van der Waals surface area (Å²) >= 11 is 0. The van der Waals surface area contributed by atoms with Crippen LogP contribution < -0.4 is 0 Å². The molecule has 0 aromatic carbocycles. The Balaban J connectivity index is 0.000000640. The van der Waals surface area contributed by atoms with E-state index in [1.807, 2.05) is 0 Å². The fourth-order valence-corrected chi connectivity index (χ4v) is 1.43. The van der Waals surface area contributed by atoms with Crippen LogP contribution in [0.25, 0.3) is 0 Å². The van der Waals surface area contributed by atoms with E-state index in [-0.39, 0.29) is 1.43 Å². The minimum Gasteiger partial charge on any atom is -0.0625 e. The van der Waals surface area contributed by atoms with Crippen molar-refractivity contribution in [1.29, 1.82) is 0 Å². The highest BCUT2D eigenvalue weighted by Gasteiger charge is 2.13. The third-order valence-electron chi connectivity index (χ3n) is 2.30. The van der Waals surface area contributed by atoms with E-state index in [4.69, 9.17) is 0 Å². The number of rotatable bonds is 0. The highest BCUT2D eigenvalue weighted by Crippen LogP contribution is 2.27. The van der Waals surface area contributed by atoms with Crippen molar-refractivity contribution in [1.82, 2.24) is 0 Å². The second-order valence-electron chi connectivity index (χ2n) is 3.37. The molecule has 0 bridgehead atoms. The van der Waals surface area contributed by atoms with Gasteiger partial charge in [-0.2, -0.15) is 0 Å². The summed E-state index contributed by atoms with van der Waals surface area (Å²) in [6.07, 6.45) is 5.89. The Kier molecular flexibility index (Phi) is 1.93. The van der Waals surface area contributed by atoms with E-state index in [1.165, 1.54) is 25.7 Å². The summed E-state index contributed by atoms with van der Waals surface area (Å²) in [6.45, 7) is 4.73. The summed E-state index contributed by atoms with van der Waals surface area (Å²) in [5.41, 5.74) is 0. The maximum absolute atomic E-state index is 2.37. The Morgan fingerprint density at radius 1 is 0.875 bits per heavy atom. The lowest BCUT2D eigenvalue weighted by atomic mass is 9.84. The van der Waals surface area contributed by atoms with Gasteiger partial charge in [0.05, 0.1) is 0 Å². The topological polar surface area (TPSA) is 0 Å². The lowest BCUT2D eigenvalue weighted by molar-refractivity contribution is 0.308. The summed E-state index contributed by atoms with van der Waals surface area (Å²) in [5.74, 6) is 2.04. The standard InChI is InChI=1S/C8H16.H2/c1-7-3-5-8(2)6-4-7;/h7-8H,3-6H2,1-2H3;1H/i;1+1. The molecule has 0 unspecified atom stereocenters. The quantitative estimate of drug-likeness (QED) is 0.455. The van der Waals surface area contributed by atoms with Crippen LogP contribution in [0.3, 0.4) is 0 Å². The normalized spacial score (nSPS) is 39.8. The molecular formula is C8H18. The molecule has 1 aliphatic carbocycles. The third-order valence-corrected chi connectivity index (χ3v) is 2.30. The lowest BCUT2D eigenvalue weighted by Gasteiger charge is -2.22. The molecule has 50 valence electrons. The largest absolute Gasteiger partial charge is 0.0625 e. The smallest absolute Gasteiger partial charge is 0 e. The highest BCUT2D eigenvalue weighted by molar-refractivity contribution is 4.65. The van der Waals surface area contributed by atoms with E-state index in [0.29, 0.717) is 0 Å². The maximum Gasteiger partial charge on any atom is 0 e. The molecule has 0 radical (unpaired) electrons. The fourth-order valence-electron chi connectivity index (χ4n) is 1.43. The van der Waals surface area contributed by atoms with Gasteiger partial charge in [-0.05, 0) is 11.8 Å². The van der Waals surface area contributed by atoms with E-state index in [2.05, 4.69) is 13.8 Å². The first-order valence-electron chi connectivity index (χ1n) is 3.79. The van der Waals surface area contributed by atoms with Crippen LogP contribution in [0.1, 0.15) is 41.0 Å². The zero-order valence-corrected chi connectivity index (χ0v) is 5.98. The molecule has 0 saturated heterocycles. The first-order valence-corrected chi connectivity index (χ1v) is 3.79. The van der Waals surface area contributed by atoms with Crippen molar-refractivity contribution in [2.24, 2.45) is 11.8 Å². The van der Waals surface area contributed by atoms with Crippen molar-refractivity contribution in [3.8, 4) is 0 Å². The van der Waals surface area contributed by atoms with Crippen LogP contribution in [-0.2, 0) is 0 Å². The molecule has 1 aliphatic rings. The summed E-state index contributed by atoms with van der Waals surface area (Å²) in [7, 11) is 0. The van der Waals surface area contributed by atoms with Crippen molar-refractivity contribution >= 4 is 0 Å². The van der Waals surface area contributed by atoms with Gasteiger partial charge < -0.3 is 0 Å². The SMILES string of the molecule is CC1CCC(C)CC1.[2HH]. The Bertz CT molecular complexity index is 53.0. The fraction of sp³-hybridized carbons (Fsp3) is 1.00. The first kappa shape index (κ1) is 6.12. The van der Waals surface area contributed by atoms with Crippen molar-refractivity contribution in [3.05, 3.63) is 0 Å². The molecule has 1 saturated carbocycles. The van der Waals surface area contributed by atoms with Gasteiger partial charge in [0, 0.05) is 1.43 Å². The molecular weight excluding hydrogens is 96.1 g/mol. The molecule has 8 heavy (non-hydrogen) atoms. The zero-order valence-electron chi connectivity index (χ0n) is 5.98. The average molecular weight is 115 g/mol. The van der Waals surface area contributed by atoms with Gasteiger partial charge in [0.15, 0.2) is 0 Å². The monoisotopic (exact) mass is 115 g/mol. The van der Waals surface area contributed by atoms with E-state index in [9.17, 15) is 0 Å². The minimum atomic E-state index is 0. The molecule has 0 heterocycles. The Hall–Kier alpha value is 0. The maximum atomic E-state index is 2.37. The van der Waals surface area contributed by atoms with Gasteiger partial charge in [-0.25, -0.2) is 0 Å². The zero-order chi connectivity index (χ0) is 5.98. The van der Waals surface area contributed by atoms with Crippen LogP contribution in [0.2, 0.25) is 0 Å². The molecule has 0 amide bonds. The summed E-state index contributed by atoms with van der Waals surface area (Å²) < 4.78 is 0. The van der Waals surface area contributed by atoms with Gasteiger partial charge in [-0.1, -0.05) is 39.5 Å². The van der Waals surface area contributed by atoms with Crippen LogP contribution in [0.15, 0.2) is 0 Å². The molecule has 0 atom stereocenters. The number of hydrogen-bond donors (Lipinski definition) is 0. The van der Waals surface area contributed by atoms with E-state index >= 15 is 0 Å². The Labute approximate surface area is 53.8 Å². The molecule has 0 aromatic heterocycles. The van der Waals surface area contributed by atoms with Crippen LogP contribution in [0.4, 0.5) is 0 Å². The number of hydrogen-bond acceptors (Lipinski definition) is 0. The van der Waals surface area contributed by atoms with Crippen molar-refractivity contribution < 1.29 is 1.43 Å². The van der Waals surface area contributed by atoms with Gasteiger partial charge >= 0.3 is 0 Å². The van der Waals surface area contributed by atoms with Gasteiger partial charge in [-0.3, -0.25) is 0 Å². The average Bonchev–Trinajstić information content (AvgIpc) is 1.77. The Morgan fingerprint density at radius 2 is 1.12 bits per heavy atom. The molecule has 0 heteroatoms. The van der Waals surface area contributed by atoms with Gasteiger partial charge in [-0.15, -0.1) is 0 Å². The molecule has 0 aromatic rings. The molecule has 1 rings (SSSR count). The van der Waals surface area contributed by atoms with Crippen LogP contribution in [0, 0.1) is 11.8 Å². The van der Waals surface area contributed by atoms with Crippen molar-refractivity contribution in [3.63, 3.8) is 0 Å². The highest BCUT2D eigenvalue weighted by atomic mass is 14.2. The molecule has 1 fully saturated rings. The van der Waals surface area contributed by atoms with Crippen molar-refractivity contribution in [2.45, 2.75) is 39.5 Å². The second-order valence-corrected chi connectivity index (χ2v) is 3.37. The minimum absolute atomic E-state index is 0. The molecule has 0 aliphatic heterocycles. The lowest BCUT2D eigenvalue weighted by Crippen LogP contribution is -2.08. The van der Waals surface area contributed by atoms with Crippen LogP contribution in [-0.4, -0.2) is 0 Å². The summed E-state index contributed by atoms with van der Waals surface area (Å²) in [6, 6.07) is 0. The Morgan fingerprint density at radius 3 is 1.38 bits per heavy atom. The predicted molar refractivity (Wildman–Crippen MR) is 38.9 cm³/mol. The molecule has 0 N–H and O–H groups in total. The molecule has 0 spiro atoms. The van der Waals surface area contributed by atoms with E-state index < -0.39 is 0 Å². The third kappa shape index (κ3) is 1.50. The van der Waals surface area contributed by atoms with Crippen LogP contribution in [0.5, 0.6) is 0 Å². The summed E-state index contributed by atoms with van der Waals surface area (Å²) in [5, 5.41) is 0. The van der Waals surface area contributed by atoms with Crippen LogP contribution >= 0.6 is 0 Å². The van der Waals surface area contributed by atoms with Crippen molar-refractivity contribution in [2.75, 3.05) is 0 Å². The van der Waals surface area contributed by atoms with Gasteiger partial charge in [0.2, 0.25) is 0 Å². The van der Waals surface area contributed by atoms with E-state index in [1.54, 1.807) is 0 Å². The van der Waals surface area contributed by atoms with Gasteiger partial charge in [0.25, 0.3) is 0 Å². The first-order chi connectivity index (χ1) is 3.79. The summed E-state index contributed by atoms with van der Waals surface area (Å²) in [4.78, 5) is 0. The predicted octanol–water partition coefficient (Wildman–Crippen LogP) is 3.08. The second kappa shape index (κ2) is 2.52. The molecule has 0 nitrogen and oxygen atoms in total. The van der Waals surface area contributed by atoms with E-state index in [0.717, 1.165) is 11.8 Å².